The van der Waals surface area contributed by atoms with E-state index in [2.05, 4.69) is 5.32 Å². The van der Waals surface area contributed by atoms with Crippen molar-refractivity contribution in [3.05, 3.63) is 34.2 Å². The minimum Gasteiger partial charge on any atom is -0.383 e. The first-order chi connectivity index (χ1) is 8.58. The molecule has 1 heterocycles. The molecule has 0 fully saturated rings. The van der Waals surface area contributed by atoms with Crippen LogP contribution in [-0.4, -0.2) is 36.1 Å². The Labute approximate surface area is 111 Å². The fourth-order valence-electron chi connectivity index (χ4n) is 1.49. The molecular formula is C12H17ClN2O3. The Morgan fingerprint density at radius 2 is 2.33 bits per heavy atom. The second-order valence-corrected chi connectivity index (χ2v) is 4.35. The summed E-state index contributed by atoms with van der Waals surface area (Å²) in [5, 5.41) is 2.79. The number of amides is 1. The Morgan fingerprint density at radius 1 is 1.61 bits per heavy atom. The third-order valence-corrected chi connectivity index (χ3v) is 2.75. The zero-order valence-corrected chi connectivity index (χ0v) is 11.2. The van der Waals surface area contributed by atoms with Crippen molar-refractivity contribution in [2.75, 3.05) is 19.6 Å². The number of rotatable bonds is 6. The van der Waals surface area contributed by atoms with Crippen molar-refractivity contribution in [1.29, 1.82) is 0 Å². The second kappa shape index (κ2) is 7.18. The smallest absolute Gasteiger partial charge is 0.251 e. The van der Waals surface area contributed by atoms with Gasteiger partial charge in [0.25, 0.3) is 11.5 Å². The quantitative estimate of drug-likeness (QED) is 0.778. The van der Waals surface area contributed by atoms with Gasteiger partial charge in [0, 0.05) is 37.9 Å². The standard InChI is InChI=1S/C12H17ClN2O3/c1-15-6-4-9(7-11(15)16)12(17)14-10(3-5-13)8-18-2/h4,6-7,10H,3,5,8H2,1-2H3,(H,14,17). The third kappa shape index (κ3) is 4.16. The van der Waals surface area contributed by atoms with Crippen LogP contribution >= 0.6 is 11.6 Å². The van der Waals surface area contributed by atoms with Crippen LogP contribution in [0.25, 0.3) is 0 Å². The number of alkyl halides is 1. The molecule has 1 amide bonds. The van der Waals surface area contributed by atoms with Crippen LogP contribution in [-0.2, 0) is 11.8 Å². The molecule has 1 aromatic rings. The molecule has 1 rings (SSSR count). The number of methoxy groups -OCH3 is 1. The molecule has 100 valence electrons. The molecule has 0 radical (unpaired) electrons. The first-order valence-electron chi connectivity index (χ1n) is 5.61. The summed E-state index contributed by atoms with van der Waals surface area (Å²) in [7, 11) is 3.19. The van der Waals surface area contributed by atoms with Crippen LogP contribution in [0.3, 0.4) is 0 Å². The predicted octanol–water partition coefficient (Wildman–Crippen LogP) is 0.759. The number of carbonyl (C=O) groups is 1. The Hall–Kier alpha value is -1.33. The third-order valence-electron chi connectivity index (χ3n) is 2.53. The van der Waals surface area contributed by atoms with Crippen LogP contribution in [0.5, 0.6) is 0 Å². The number of hydrogen-bond acceptors (Lipinski definition) is 3. The number of pyridine rings is 1. The minimum absolute atomic E-state index is 0.149. The number of ether oxygens (including phenoxy) is 1. The zero-order valence-electron chi connectivity index (χ0n) is 10.5. The van der Waals surface area contributed by atoms with Gasteiger partial charge in [0.15, 0.2) is 0 Å². The molecule has 0 bridgehead atoms. The Bertz CT molecular complexity index is 453. The maximum Gasteiger partial charge on any atom is 0.251 e. The lowest BCUT2D eigenvalue weighted by Crippen LogP contribution is -2.38. The first kappa shape index (κ1) is 14.7. The Kier molecular flexibility index (Phi) is 5.88. The summed E-state index contributed by atoms with van der Waals surface area (Å²) in [4.78, 5) is 23.3. The second-order valence-electron chi connectivity index (χ2n) is 3.97. The first-order valence-corrected chi connectivity index (χ1v) is 6.14. The number of nitrogens with zero attached hydrogens (tertiary/aromatic N) is 1. The van der Waals surface area contributed by atoms with Crippen molar-refractivity contribution in [3.63, 3.8) is 0 Å². The van der Waals surface area contributed by atoms with E-state index < -0.39 is 0 Å². The summed E-state index contributed by atoms with van der Waals surface area (Å²) in [6, 6.07) is 2.75. The number of nitrogens with one attached hydrogen (secondary N) is 1. The SMILES string of the molecule is COCC(CCCl)NC(=O)c1ccn(C)c(=O)c1. The number of aryl methyl sites for hydroxylation is 1. The molecule has 0 spiro atoms. The lowest BCUT2D eigenvalue weighted by Gasteiger charge is -2.16. The van der Waals surface area contributed by atoms with E-state index in [4.69, 9.17) is 16.3 Å². The van der Waals surface area contributed by atoms with Gasteiger partial charge in [0.05, 0.1) is 12.6 Å². The van der Waals surface area contributed by atoms with Gasteiger partial charge >= 0.3 is 0 Å². The highest BCUT2D eigenvalue weighted by Gasteiger charge is 2.13. The number of aromatic nitrogens is 1. The number of carbonyl (C=O) groups excluding carboxylic acids is 1. The van der Waals surface area contributed by atoms with Crippen molar-refractivity contribution in [3.8, 4) is 0 Å². The summed E-state index contributed by atoms with van der Waals surface area (Å²) in [6.45, 7) is 0.392. The van der Waals surface area contributed by atoms with E-state index in [0.717, 1.165) is 0 Å². The maximum atomic E-state index is 11.9. The molecule has 0 aromatic carbocycles. The van der Waals surface area contributed by atoms with E-state index >= 15 is 0 Å². The molecule has 0 saturated heterocycles. The van der Waals surface area contributed by atoms with Crippen LogP contribution in [0, 0.1) is 0 Å². The van der Waals surface area contributed by atoms with Gasteiger partial charge in [-0.2, -0.15) is 0 Å². The largest absolute Gasteiger partial charge is 0.383 e. The van der Waals surface area contributed by atoms with Gasteiger partial charge in [-0.1, -0.05) is 0 Å². The lowest BCUT2D eigenvalue weighted by molar-refractivity contribution is 0.0895. The Balaban J connectivity index is 2.73. The van der Waals surface area contributed by atoms with E-state index in [1.54, 1.807) is 26.4 Å². The molecule has 0 aliphatic heterocycles. The van der Waals surface area contributed by atoms with Gasteiger partial charge in [-0.3, -0.25) is 9.59 Å². The van der Waals surface area contributed by atoms with Crippen LogP contribution in [0.1, 0.15) is 16.8 Å². The highest BCUT2D eigenvalue weighted by atomic mass is 35.5. The molecular weight excluding hydrogens is 256 g/mol. The van der Waals surface area contributed by atoms with E-state index in [-0.39, 0.29) is 17.5 Å². The zero-order chi connectivity index (χ0) is 13.5. The lowest BCUT2D eigenvalue weighted by atomic mass is 10.2. The fraction of sp³-hybridized carbons (Fsp3) is 0.500. The van der Waals surface area contributed by atoms with Gasteiger partial charge in [-0.05, 0) is 12.5 Å². The van der Waals surface area contributed by atoms with Gasteiger partial charge in [-0.15, -0.1) is 11.6 Å². The molecule has 1 N–H and O–H groups in total. The monoisotopic (exact) mass is 272 g/mol. The molecule has 5 nitrogen and oxygen atoms in total. The van der Waals surface area contributed by atoms with E-state index in [1.807, 2.05) is 0 Å². The highest BCUT2D eigenvalue weighted by Crippen LogP contribution is 2.00. The van der Waals surface area contributed by atoms with E-state index in [0.29, 0.717) is 24.5 Å². The van der Waals surface area contributed by atoms with Crippen molar-refractivity contribution in [1.82, 2.24) is 9.88 Å². The molecule has 0 aliphatic rings. The molecule has 6 heteroatoms. The van der Waals surface area contributed by atoms with Gasteiger partial charge in [0.1, 0.15) is 0 Å². The van der Waals surface area contributed by atoms with Gasteiger partial charge in [-0.25, -0.2) is 0 Å². The maximum absolute atomic E-state index is 11.9. The minimum atomic E-state index is -0.292. The molecule has 1 aromatic heterocycles. The van der Waals surface area contributed by atoms with Crippen LogP contribution in [0.2, 0.25) is 0 Å². The topological polar surface area (TPSA) is 60.3 Å². The summed E-state index contributed by atoms with van der Waals surface area (Å²) in [5.41, 5.74) is 0.122. The summed E-state index contributed by atoms with van der Waals surface area (Å²) >= 11 is 5.65. The van der Waals surface area contributed by atoms with E-state index in [1.165, 1.54) is 10.6 Å². The van der Waals surface area contributed by atoms with Crippen molar-refractivity contribution in [2.24, 2.45) is 7.05 Å². The molecule has 18 heavy (non-hydrogen) atoms. The highest BCUT2D eigenvalue weighted by molar-refractivity contribution is 6.17. The number of halogens is 1. The van der Waals surface area contributed by atoms with Crippen LogP contribution in [0.15, 0.2) is 23.1 Å². The summed E-state index contributed by atoms with van der Waals surface area (Å²) < 4.78 is 6.40. The summed E-state index contributed by atoms with van der Waals surface area (Å²) in [6.07, 6.45) is 2.18. The molecule has 0 aliphatic carbocycles. The molecule has 0 saturated carbocycles. The molecule has 1 atom stereocenters. The fourth-order valence-corrected chi connectivity index (χ4v) is 1.75. The average Bonchev–Trinajstić information content (AvgIpc) is 2.33. The number of hydrogen-bond donors (Lipinski definition) is 1. The van der Waals surface area contributed by atoms with Crippen LogP contribution in [0.4, 0.5) is 0 Å². The van der Waals surface area contributed by atoms with Gasteiger partial charge in [0.2, 0.25) is 0 Å². The van der Waals surface area contributed by atoms with E-state index in [9.17, 15) is 9.59 Å². The summed E-state index contributed by atoms with van der Waals surface area (Å²) in [5.74, 6) is 0.144. The predicted molar refractivity (Wildman–Crippen MR) is 70.2 cm³/mol. The normalized spacial score (nSPS) is 12.2. The van der Waals surface area contributed by atoms with Crippen molar-refractivity contribution in [2.45, 2.75) is 12.5 Å². The average molecular weight is 273 g/mol. The van der Waals surface area contributed by atoms with Crippen molar-refractivity contribution < 1.29 is 9.53 Å². The molecule has 1 unspecified atom stereocenters. The Morgan fingerprint density at radius 3 is 2.89 bits per heavy atom. The van der Waals surface area contributed by atoms with Crippen LogP contribution < -0.4 is 10.9 Å². The van der Waals surface area contributed by atoms with Crippen molar-refractivity contribution >= 4 is 17.5 Å². The van der Waals surface area contributed by atoms with Gasteiger partial charge < -0.3 is 14.6 Å².